The highest BCUT2D eigenvalue weighted by Gasteiger charge is 2.15. The molecule has 0 saturated heterocycles. The molecule has 0 spiro atoms. The number of benzene rings is 1. The zero-order valence-corrected chi connectivity index (χ0v) is 10.6. The molecule has 0 amide bonds. The Morgan fingerprint density at radius 1 is 1.35 bits per heavy atom. The van der Waals surface area contributed by atoms with E-state index in [0.717, 1.165) is 4.31 Å². The van der Waals surface area contributed by atoms with Crippen LogP contribution in [0.1, 0.15) is 15.9 Å². The van der Waals surface area contributed by atoms with E-state index in [4.69, 9.17) is 5.11 Å². The molecular formula is C10H14N2O4S. The summed E-state index contributed by atoms with van der Waals surface area (Å²) in [7, 11) is -0.759. The van der Waals surface area contributed by atoms with Crippen LogP contribution in [-0.4, -0.2) is 37.9 Å². The predicted molar refractivity (Wildman–Crippen MR) is 64.4 cm³/mol. The first-order valence-electron chi connectivity index (χ1n) is 4.78. The Bertz CT molecular complexity index is 537. The lowest BCUT2D eigenvalue weighted by molar-refractivity contribution is 0.0697. The van der Waals surface area contributed by atoms with Crippen LogP contribution in [0.2, 0.25) is 0 Å². The van der Waals surface area contributed by atoms with Gasteiger partial charge >= 0.3 is 16.2 Å². The zero-order chi connectivity index (χ0) is 13.2. The normalized spacial score (nSPS) is 11.5. The van der Waals surface area contributed by atoms with Crippen LogP contribution in [0.25, 0.3) is 0 Å². The Morgan fingerprint density at radius 2 is 1.94 bits per heavy atom. The molecule has 0 heterocycles. The standard InChI is InChI=1S/C10H14N2O4S/c1-7-6-8(10(13)14)4-5-9(7)11-17(15,16)12(2)3/h4-6,11H,1-3H3,(H,13,14). The number of nitrogens with one attached hydrogen (secondary N) is 1. The molecule has 0 aliphatic carbocycles. The Morgan fingerprint density at radius 3 is 2.35 bits per heavy atom. The van der Waals surface area contributed by atoms with Crippen LogP contribution in [0, 0.1) is 6.92 Å². The van der Waals surface area contributed by atoms with Crippen LogP contribution in [-0.2, 0) is 10.2 Å². The van der Waals surface area contributed by atoms with Gasteiger partial charge in [0.2, 0.25) is 0 Å². The SMILES string of the molecule is Cc1cc(C(=O)O)ccc1NS(=O)(=O)N(C)C. The monoisotopic (exact) mass is 258 g/mol. The van der Waals surface area contributed by atoms with E-state index >= 15 is 0 Å². The van der Waals surface area contributed by atoms with Gasteiger partial charge in [0, 0.05) is 14.1 Å². The van der Waals surface area contributed by atoms with Crippen molar-refractivity contribution in [2.45, 2.75) is 6.92 Å². The maximum absolute atomic E-state index is 11.6. The van der Waals surface area contributed by atoms with Gasteiger partial charge < -0.3 is 5.11 Å². The highest BCUT2D eigenvalue weighted by molar-refractivity contribution is 7.90. The number of aryl methyl sites for hydroxylation is 1. The summed E-state index contributed by atoms with van der Waals surface area (Å²) in [4.78, 5) is 10.7. The quantitative estimate of drug-likeness (QED) is 0.840. The number of rotatable bonds is 4. The van der Waals surface area contributed by atoms with E-state index in [-0.39, 0.29) is 5.56 Å². The average Bonchev–Trinajstić information content (AvgIpc) is 2.20. The fraction of sp³-hybridized carbons (Fsp3) is 0.300. The lowest BCUT2D eigenvalue weighted by atomic mass is 10.1. The molecule has 94 valence electrons. The topological polar surface area (TPSA) is 86.7 Å². The molecule has 1 aromatic carbocycles. The van der Waals surface area contributed by atoms with Gasteiger partial charge in [-0.05, 0) is 30.7 Å². The first-order valence-corrected chi connectivity index (χ1v) is 6.22. The van der Waals surface area contributed by atoms with Crippen LogP contribution < -0.4 is 4.72 Å². The molecule has 0 aliphatic rings. The highest BCUT2D eigenvalue weighted by atomic mass is 32.2. The van der Waals surface area contributed by atoms with E-state index < -0.39 is 16.2 Å². The van der Waals surface area contributed by atoms with Gasteiger partial charge in [0.05, 0.1) is 11.3 Å². The number of hydrogen-bond donors (Lipinski definition) is 2. The molecule has 0 bridgehead atoms. The van der Waals surface area contributed by atoms with Crippen LogP contribution >= 0.6 is 0 Å². The van der Waals surface area contributed by atoms with Crippen LogP contribution in [0.5, 0.6) is 0 Å². The van der Waals surface area contributed by atoms with Gasteiger partial charge in [-0.25, -0.2) is 4.79 Å². The number of nitrogens with zero attached hydrogens (tertiary/aromatic N) is 1. The minimum absolute atomic E-state index is 0.121. The number of carboxylic acid groups (broad SMARTS) is 1. The minimum atomic E-state index is -3.57. The van der Waals surface area contributed by atoms with Crippen molar-refractivity contribution in [1.29, 1.82) is 0 Å². The average molecular weight is 258 g/mol. The Kier molecular flexibility index (Phi) is 3.74. The third-order valence-electron chi connectivity index (χ3n) is 2.19. The fourth-order valence-electron chi connectivity index (χ4n) is 1.14. The minimum Gasteiger partial charge on any atom is -0.478 e. The summed E-state index contributed by atoms with van der Waals surface area (Å²) in [6.07, 6.45) is 0. The van der Waals surface area contributed by atoms with Crippen LogP contribution in [0.4, 0.5) is 5.69 Å². The highest BCUT2D eigenvalue weighted by Crippen LogP contribution is 2.18. The second kappa shape index (κ2) is 4.72. The molecule has 0 saturated carbocycles. The van der Waals surface area contributed by atoms with Gasteiger partial charge in [-0.2, -0.15) is 12.7 Å². The maximum atomic E-state index is 11.6. The summed E-state index contributed by atoms with van der Waals surface area (Å²) >= 11 is 0. The third kappa shape index (κ3) is 3.18. The molecule has 0 unspecified atom stereocenters. The van der Waals surface area contributed by atoms with E-state index in [1.807, 2.05) is 0 Å². The summed E-state index contributed by atoms with van der Waals surface area (Å²) < 4.78 is 26.5. The number of carbonyl (C=O) groups is 1. The van der Waals surface area contributed by atoms with Crippen molar-refractivity contribution in [3.8, 4) is 0 Å². The van der Waals surface area contributed by atoms with Crippen molar-refractivity contribution in [1.82, 2.24) is 4.31 Å². The van der Waals surface area contributed by atoms with Crippen molar-refractivity contribution >= 4 is 21.9 Å². The van der Waals surface area contributed by atoms with E-state index in [2.05, 4.69) is 4.72 Å². The van der Waals surface area contributed by atoms with Crippen molar-refractivity contribution in [3.63, 3.8) is 0 Å². The summed E-state index contributed by atoms with van der Waals surface area (Å²) in [6, 6.07) is 4.19. The van der Waals surface area contributed by atoms with Gasteiger partial charge in [-0.3, -0.25) is 4.72 Å². The third-order valence-corrected chi connectivity index (χ3v) is 3.63. The fourth-order valence-corrected chi connectivity index (χ4v) is 1.83. The van der Waals surface area contributed by atoms with Gasteiger partial charge in [0.25, 0.3) is 0 Å². The first-order chi connectivity index (χ1) is 7.74. The van der Waals surface area contributed by atoms with E-state index in [1.54, 1.807) is 6.92 Å². The Hall–Kier alpha value is -1.60. The van der Waals surface area contributed by atoms with Crippen molar-refractivity contribution in [2.75, 3.05) is 18.8 Å². The second-order valence-electron chi connectivity index (χ2n) is 3.72. The first kappa shape index (κ1) is 13.5. The van der Waals surface area contributed by atoms with Crippen molar-refractivity contribution in [2.24, 2.45) is 0 Å². The molecule has 1 rings (SSSR count). The van der Waals surface area contributed by atoms with Gasteiger partial charge in [0.1, 0.15) is 0 Å². The number of anilines is 1. The second-order valence-corrected chi connectivity index (χ2v) is 5.61. The number of hydrogen-bond acceptors (Lipinski definition) is 3. The van der Waals surface area contributed by atoms with Crippen molar-refractivity contribution in [3.05, 3.63) is 29.3 Å². The van der Waals surface area contributed by atoms with Crippen LogP contribution in [0.15, 0.2) is 18.2 Å². The molecule has 0 radical (unpaired) electrons. The van der Waals surface area contributed by atoms with Gasteiger partial charge in [0.15, 0.2) is 0 Å². The molecule has 2 N–H and O–H groups in total. The van der Waals surface area contributed by atoms with E-state index in [1.165, 1.54) is 32.3 Å². The van der Waals surface area contributed by atoms with Crippen LogP contribution in [0.3, 0.4) is 0 Å². The Labute approximate surface area is 100 Å². The molecule has 7 heteroatoms. The summed E-state index contributed by atoms with van der Waals surface area (Å²) in [6.45, 7) is 1.64. The van der Waals surface area contributed by atoms with Crippen molar-refractivity contribution < 1.29 is 18.3 Å². The Balaban J connectivity index is 3.06. The van der Waals surface area contributed by atoms with E-state index in [9.17, 15) is 13.2 Å². The summed E-state index contributed by atoms with van der Waals surface area (Å²) in [5, 5.41) is 8.77. The molecule has 17 heavy (non-hydrogen) atoms. The molecule has 1 aromatic rings. The zero-order valence-electron chi connectivity index (χ0n) is 9.76. The predicted octanol–water partition coefficient (Wildman–Crippen LogP) is 0.912. The molecule has 0 atom stereocenters. The summed E-state index contributed by atoms with van der Waals surface area (Å²) in [5.74, 6) is -1.05. The molecule has 0 aromatic heterocycles. The maximum Gasteiger partial charge on any atom is 0.335 e. The molecular weight excluding hydrogens is 244 g/mol. The van der Waals surface area contributed by atoms with Gasteiger partial charge in [-0.1, -0.05) is 0 Å². The lowest BCUT2D eigenvalue weighted by Gasteiger charge is -2.15. The van der Waals surface area contributed by atoms with Gasteiger partial charge in [-0.15, -0.1) is 0 Å². The molecule has 0 aliphatic heterocycles. The molecule has 6 nitrogen and oxygen atoms in total. The summed E-state index contributed by atoms with van der Waals surface area (Å²) in [5.41, 5.74) is 1.04. The smallest absolute Gasteiger partial charge is 0.335 e. The lowest BCUT2D eigenvalue weighted by Crippen LogP contribution is -2.29. The largest absolute Gasteiger partial charge is 0.478 e. The van der Waals surface area contributed by atoms with E-state index in [0.29, 0.717) is 11.3 Å². The number of aromatic carboxylic acids is 1. The number of carboxylic acids is 1. The molecule has 0 fully saturated rings.